The maximum absolute atomic E-state index is 12.2. The van der Waals surface area contributed by atoms with Crippen LogP contribution in [0.5, 0.6) is 5.75 Å². The smallest absolute Gasteiger partial charge is 0.405 e. The van der Waals surface area contributed by atoms with E-state index in [1.807, 2.05) is 0 Å². The van der Waals surface area contributed by atoms with Gasteiger partial charge in [0.15, 0.2) is 5.78 Å². The zero-order chi connectivity index (χ0) is 13.9. The van der Waals surface area contributed by atoms with Gasteiger partial charge in [0, 0.05) is 12.0 Å². The Morgan fingerprint density at radius 1 is 1.28 bits per heavy atom. The number of nitrogens with two attached hydrogens (primary N) is 1. The number of halogens is 3. The quantitative estimate of drug-likeness (QED) is 0.848. The van der Waals surface area contributed by atoms with Crippen LogP contribution in [-0.2, 0) is 0 Å². The van der Waals surface area contributed by atoms with Gasteiger partial charge in [0.1, 0.15) is 5.75 Å². The lowest BCUT2D eigenvalue weighted by Crippen LogP contribution is -2.31. The summed E-state index contributed by atoms with van der Waals surface area (Å²) in [5.41, 5.74) is 5.46. The van der Waals surface area contributed by atoms with Crippen LogP contribution >= 0.6 is 0 Å². The summed E-state index contributed by atoms with van der Waals surface area (Å²) in [5.74, 6) is -1.55. The number of carbonyl (C=O) groups is 1. The van der Waals surface area contributed by atoms with Crippen molar-refractivity contribution in [2.75, 3.05) is 0 Å². The highest BCUT2D eigenvalue weighted by molar-refractivity contribution is 6.00. The highest BCUT2D eigenvalue weighted by Gasteiger charge is 2.33. The lowest BCUT2D eigenvalue weighted by Gasteiger charge is -2.17. The first-order valence-electron chi connectivity index (χ1n) is 5.37. The van der Waals surface area contributed by atoms with Gasteiger partial charge in [-0.3, -0.25) is 4.79 Å². The third-order valence-corrected chi connectivity index (χ3v) is 2.58. The maximum atomic E-state index is 12.2. The van der Waals surface area contributed by atoms with Crippen molar-refractivity contribution in [2.45, 2.75) is 26.3 Å². The molecule has 0 fully saturated rings. The predicted molar refractivity (Wildman–Crippen MR) is 60.3 cm³/mol. The molecular weight excluding hydrogens is 247 g/mol. The summed E-state index contributed by atoms with van der Waals surface area (Å²) in [6.07, 6.45) is -4.83. The molecule has 0 radical (unpaired) electrons. The van der Waals surface area contributed by atoms with Gasteiger partial charge in [-0.2, -0.15) is 0 Å². The Morgan fingerprint density at radius 3 is 2.33 bits per heavy atom. The third-order valence-electron chi connectivity index (χ3n) is 2.58. The van der Waals surface area contributed by atoms with E-state index in [4.69, 9.17) is 5.73 Å². The molecule has 0 heterocycles. The minimum Gasteiger partial charge on any atom is -0.405 e. The number of hydrogen-bond acceptors (Lipinski definition) is 3. The molecule has 1 aromatic carbocycles. The van der Waals surface area contributed by atoms with E-state index in [1.165, 1.54) is 18.2 Å². The number of para-hydroxylation sites is 1. The van der Waals surface area contributed by atoms with E-state index in [0.29, 0.717) is 0 Å². The van der Waals surface area contributed by atoms with E-state index in [1.54, 1.807) is 13.8 Å². The molecule has 0 saturated heterocycles. The van der Waals surface area contributed by atoms with Crippen LogP contribution in [0.2, 0.25) is 0 Å². The first-order valence-corrected chi connectivity index (χ1v) is 5.37. The molecule has 0 amide bonds. The summed E-state index contributed by atoms with van der Waals surface area (Å²) in [5, 5.41) is 0. The number of Topliss-reactive ketones (excluding diaryl/α,β-unsaturated/α-hetero) is 1. The molecule has 2 unspecified atom stereocenters. The molecule has 0 bridgehead atoms. The summed E-state index contributed by atoms with van der Waals surface area (Å²) in [7, 11) is 0. The largest absolute Gasteiger partial charge is 0.573 e. The molecule has 1 rings (SSSR count). The Kier molecular flexibility index (Phi) is 4.34. The lowest BCUT2D eigenvalue weighted by molar-refractivity contribution is -0.274. The summed E-state index contributed by atoms with van der Waals surface area (Å²) in [6.45, 7) is 3.19. The molecule has 0 aliphatic rings. The predicted octanol–water partition coefficient (Wildman–Crippen LogP) is 2.75. The maximum Gasteiger partial charge on any atom is 0.573 e. The average Bonchev–Trinajstić information content (AvgIpc) is 2.25. The average molecular weight is 261 g/mol. The van der Waals surface area contributed by atoms with Gasteiger partial charge < -0.3 is 10.5 Å². The van der Waals surface area contributed by atoms with Gasteiger partial charge >= 0.3 is 6.36 Å². The van der Waals surface area contributed by atoms with Gasteiger partial charge in [0.05, 0.1) is 5.56 Å². The Morgan fingerprint density at radius 2 is 1.83 bits per heavy atom. The standard InChI is InChI=1S/C12H14F3NO2/c1-7(8(2)16)11(17)9-5-3-4-6-10(9)18-12(13,14)15/h3-8H,16H2,1-2H3. The van der Waals surface area contributed by atoms with Crippen LogP contribution in [0.15, 0.2) is 24.3 Å². The zero-order valence-electron chi connectivity index (χ0n) is 9.99. The van der Waals surface area contributed by atoms with Crippen LogP contribution in [0.4, 0.5) is 13.2 Å². The molecule has 0 aliphatic carbocycles. The normalized spacial score (nSPS) is 15.0. The van der Waals surface area contributed by atoms with Crippen LogP contribution in [0.1, 0.15) is 24.2 Å². The van der Waals surface area contributed by atoms with Crippen LogP contribution in [0.3, 0.4) is 0 Å². The monoisotopic (exact) mass is 261 g/mol. The highest BCUT2D eigenvalue weighted by atomic mass is 19.4. The number of alkyl halides is 3. The zero-order valence-corrected chi connectivity index (χ0v) is 9.99. The van der Waals surface area contributed by atoms with E-state index in [-0.39, 0.29) is 5.56 Å². The van der Waals surface area contributed by atoms with E-state index in [0.717, 1.165) is 6.07 Å². The van der Waals surface area contributed by atoms with Crippen molar-refractivity contribution in [3.63, 3.8) is 0 Å². The second kappa shape index (κ2) is 5.39. The molecule has 6 heteroatoms. The molecule has 0 aromatic heterocycles. The topological polar surface area (TPSA) is 52.3 Å². The third kappa shape index (κ3) is 3.73. The van der Waals surface area contributed by atoms with Crippen molar-refractivity contribution in [3.05, 3.63) is 29.8 Å². The fourth-order valence-electron chi connectivity index (χ4n) is 1.37. The number of ketones is 1. The van der Waals surface area contributed by atoms with E-state index in [9.17, 15) is 18.0 Å². The second-order valence-electron chi connectivity index (χ2n) is 4.06. The van der Waals surface area contributed by atoms with Gasteiger partial charge in [-0.15, -0.1) is 13.2 Å². The van der Waals surface area contributed by atoms with Crippen LogP contribution < -0.4 is 10.5 Å². The number of benzene rings is 1. The summed E-state index contributed by atoms with van der Waals surface area (Å²) < 4.78 is 40.4. The van der Waals surface area contributed by atoms with Crippen molar-refractivity contribution in [2.24, 2.45) is 11.7 Å². The highest BCUT2D eigenvalue weighted by Crippen LogP contribution is 2.28. The molecule has 1 aromatic rings. The van der Waals surface area contributed by atoms with Crippen molar-refractivity contribution in [1.82, 2.24) is 0 Å². The number of carbonyl (C=O) groups excluding carboxylic acids is 1. The van der Waals surface area contributed by atoms with Crippen molar-refractivity contribution in [3.8, 4) is 5.75 Å². The fourth-order valence-corrected chi connectivity index (χ4v) is 1.37. The van der Waals surface area contributed by atoms with Gasteiger partial charge in [0.25, 0.3) is 0 Å². The summed E-state index contributed by atoms with van der Waals surface area (Å²) >= 11 is 0. The van der Waals surface area contributed by atoms with E-state index >= 15 is 0 Å². The molecule has 2 atom stereocenters. The first-order chi connectivity index (χ1) is 8.22. The Balaban J connectivity index is 3.06. The van der Waals surface area contributed by atoms with Crippen molar-refractivity contribution < 1.29 is 22.7 Å². The minimum atomic E-state index is -4.83. The molecular formula is C12H14F3NO2. The number of ether oxygens (including phenoxy) is 1. The van der Waals surface area contributed by atoms with Gasteiger partial charge in [-0.05, 0) is 19.1 Å². The molecule has 0 aliphatic heterocycles. The summed E-state index contributed by atoms with van der Waals surface area (Å²) in [4.78, 5) is 12.0. The molecule has 18 heavy (non-hydrogen) atoms. The summed E-state index contributed by atoms with van der Waals surface area (Å²) in [6, 6.07) is 4.80. The molecule has 100 valence electrons. The molecule has 0 spiro atoms. The molecule has 0 saturated carbocycles. The second-order valence-corrected chi connectivity index (χ2v) is 4.06. The van der Waals surface area contributed by atoms with Gasteiger partial charge in [-0.1, -0.05) is 19.1 Å². The van der Waals surface area contributed by atoms with Gasteiger partial charge in [0.2, 0.25) is 0 Å². The number of rotatable bonds is 4. The fraction of sp³-hybridized carbons (Fsp3) is 0.417. The Hall–Kier alpha value is -1.56. The van der Waals surface area contributed by atoms with Crippen molar-refractivity contribution in [1.29, 1.82) is 0 Å². The van der Waals surface area contributed by atoms with Crippen LogP contribution in [-0.4, -0.2) is 18.2 Å². The Labute approximate surface area is 103 Å². The SMILES string of the molecule is CC(N)C(C)C(=O)c1ccccc1OC(F)(F)F. The Bertz CT molecular complexity index is 430. The lowest BCUT2D eigenvalue weighted by atomic mass is 9.93. The van der Waals surface area contributed by atoms with Gasteiger partial charge in [-0.25, -0.2) is 0 Å². The van der Waals surface area contributed by atoms with Crippen molar-refractivity contribution >= 4 is 5.78 Å². The van der Waals surface area contributed by atoms with Crippen LogP contribution in [0.25, 0.3) is 0 Å². The van der Waals surface area contributed by atoms with Crippen LogP contribution in [0, 0.1) is 5.92 Å². The first kappa shape index (κ1) is 14.5. The molecule has 2 N–H and O–H groups in total. The van der Waals surface area contributed by atoms with E-state index < -0.39 is 29.9 Å². The molecule has 3 nitrogen and oxygen atoms in total. The van der Waals surface area contributed by atoms with E-state index in [2.05, 4.69) is 4.74 Å². The number of hydrogen-bond donors (Lipinski definition) is 1. The minimum absolute atomic E-state index is 0.111.